The molecule has 0 amide bonds. The zero-order valence-electron chi connectivity index (χ0n) is 22.5. The van der Waals surface area contributed by atoms with E-state index in [4.69, 9.17) is 9.97 Å². The fourth-order valence-corrected chi connectivity index (χ4v) is 7.09. The summed E-state index contributed by atoms with van der Waals surface area (Å²) in [5, 5.41) is 2.41. The molecule has 0 spiro atoms. The molecule has 0 aliphatic heterocycles. The SMILES string of the molecule is Cc1ccc2c(n1)sc1c(-c3nc4ccccc4n3-c3c(-c4ccccc4)cccc3-c3ccccc3)cccc12. The smallest absolute Gasteiger partial charge is 0.147 e. The van der Waals surface area contributed by atoms with Gasteiger partial charge in [-0.15, -0.1) is 11.3 Å². The van der Waals surface area contributed by atoms with E-state index in [-0.39, 0.29) is 0 Å². The van der Waals surface area contributed by atoms with Crippen LogP contribution in [0, 0.1) is 6.92 Å². The second kappa shape index (κ2) is 9.54. The van der Waals surface area contributed by atoms with Gasteiger partial charge >= 0.3 is 0 Å². The van der Waals surface area contributed by atoms with Gasteiger partial charge < -0.3 is 0 Å². The molecule has 0 atom stereocenters. The van der Waals surface area contributed by atoms with Crippen molar-refractivity contribution in [3.63, 3.8) is 0 Å². The molecule has 4 heteroatoms. The van der Waals surface area contributed by atoms with Crippen molar-refractivity contribution in [3.8, 4) is 39.3 Å². The summed E-state index contributed by atoms with van der Waals surface area (Å²) < 4.78 is 3.58. The van der Waals surface area contributed by atoms with Crippen LogP contribution < -0.4 is 0 Å². The third-order valence-corrected chi connectivity index (χ3v) is 8.88. The molecule has 41 heavy (non-hydrogen) atoms. The van der Waals surface area contributed by atoms with E-state index in [9.17, 15) is 0 Å². The molecule has 0 unspecified atom stereocenters. The van der Waals surface area contributed by atoms with Crippen LogP contribution in [0.5, 0.6) is 0 Å². The van der Waals surface area contributed by atoms with E-state index in [1.165, 1.54) is 26.6 Å². The van der Waals surface area contributed by atoms with Crippen LogP contribution in [0.15, 0.2) is 133 Å². The molecular formula is C37H25N3S. The van der Waals surface area contributed by atoms with Gasteiger partial charge in [0.2, 0.25) is 0 Å². The van der Waals surface area contributed by atoms with Gasteiger partial charge in [0, 0.05) is 37.9 Å². The van der Waals surface area contributed by atoms with E-state index in [1.54, 1.807) is 11.3 Å². The highest BCUT2D eigenvalue weighted by atomic mass is 32.1. The fraction of sp³-hybridized carbons (Fsp3) is 0.0270. The van der Waals surface area contributed by atoms with Crippen LogP contribution in [-0.4, -0.2) is 14.5 Å². The van der Waals surface area contributed by atoms with Gasteiger partial charge in [-0.1, -0.05) is 103 Å². The second-order valence-electron chi connectivity index (χ2n) is 10.3. The number of hydrogen-bond donors (Lipinski definition) is 0. The Hall–Kier alpha value is -5.06. The Kier molecular flexibility index (Phi) is 5.54. The molecule has 0 aliphatic carbocycles. The Morgan fingerprint density at radius 1 is 0.537 bits per heavy atom. The normalized spacial score (nSPS) is 11.5. The van der Waals surface area contributed by atoms with Crippen LogP contribution in [0.4, 0.5) is 0 Å². The monoisotopic (exact) mass is 543 g/mol. The van der Waals surface area contributed by atoms with Gasteiger partial charge in [-0.25, -0.2) is 9.97 Å². The summed E-state index contributed by atoms with van der Waals surface area (Å²) in [5.41, 5.74) is 9.98. The molecule has 5 aromatic carbocycles. The maximum atomic E-state index is 5.32. The van der Waals surface area contributed by atoms with Crippen molar-refractivity contribution in [3.05, 3.63) is 139 Å². The highest BCUT2D eigenvalue weighted by molar-refractivity contribution is 7.26. The lowest BCUT2D eigenvalue weighted by Crippen LogP contribution is -2.03. The molecule has 0 bridgehead atoms. The number of rotatable bonds is 4. The van der Waals surface area contributed by atoms with E-state index < -0.39 is 0 Å². The van der Waals surface area contributed by atoms with Crippen LogP contribution in [0.3, 0.4) is 0 Å². The highest BCUT2D eigenvalue weighted by Crippen LogP contribution is 2.43. The molecular weight excluding hydrogens is 518 g/mol. The fourth-order valence-electron chi connectivity index (χ4n) is 5.87. The Balaban J connectivity index is 1.52. The Bertz CT molecular complexity index is 2150. The van der Waals surface area contributed by atoms with E-state index in [0.29, 0.717) is 0 Å². The van der Waals surface area contributed by atoms with Crippen molar-refractivity contribution in [1.82, 2.24) is 14.5 Å². The van der Waals surface area contributed by atoms with Gasteiger partial charge in [-0.3, -0.25) is 4.57 Å². The van der Waals surface area contributed by atoms with Crippen molar-refractivity contribution in [1.29, 1.82) is 0 Å². The van der Waals surface area contributed by atoms with Gasteiger partial charge in [0.15, 0.2) is 0 Å². The molecule has 3 heterocycles. The van der Waals surface area contributed by atoms with Gasteiger partial charge in [0.25, 0.3) is 0 Å². The van der Waals surface area contributed by atoms with Crippen LogP contribution in [0.25, 0.3) is 70.7 Å². The molecule has 3 nitrogen and oxygen atoms in total. The van der Waals surface area contributed by atoms with Crippen molar-refractivity contribution < 1.29 is 0 Å². The summed E-state index contributed by atoms with van der Waals surface area (Å²) in [7, 11) is 0. The van der Waals surface area contributed by atoms with Crippen molar-refractivity contribution in [2.45, 2.75) is 6.92 Å². The number of imidazole rings is 1. The first-order valence-corrected chi connectivity index (χ1v) is 14.6. The lowest BCUT2D eigenvalue weighted by Gasteiger charge is -2.20. The van der Waals surface area contributed by atoms with Crippen molar-refractivity contribution in [2.75, 3.05) is 0 Å². The number of aryl methyl sites for hydroxylation is 1. The molecule has 0 aliphatic rings. The number of benzene rings is 5. The first-order chi connectivity index (χ1) is 20.3. The van der Waals surface area contributed by atoms with E-state index in [0.717, 1.165) is 49.8 Å². The zero-order chi connectivity index (χ0) is 27.3. The summed E-state index contributed by atoms with van der Waals surface area (Å²) in [6.07, 6.45) is 0. The summed E-state index contributed by atoms with van der Waals surface area (Å²) >= 11 is 1.75. The van der Waals surface area contributed by atoms with E-state index in [2.05, 4.69) is 145 Å². The average molecular weight is 544 g/mol. The predicted octanol–water partition coefficient (Wildman–Crippen LogP) is 10.1. The molecule has 0 saturated heterocycles. The van der Waals surface area contributed by atoms with Gasteiger partial charge in [0.05, 0.1) is 16.7 Å². The number of para-hydroxylation sites is 3. The second-order valence-corrected chi connectivity index (χ2v) is 11.3. The molecule has 194 valence electrons. The number of pyridine rings is 1. The summed E-state index contributed by atoms with van der Waals surface area (Å²) in [5.74, 6) is 0.931. The van der Waals surface area contributed by atoms with Crippen molar-refractivity contribution >= 4 is 42.7 Å². The maximum Gasteiger partial charge on any atom is 0.147 e. The molecule has 0 saturated carbocycles. The number of aromatic nitrogens is 3. The maximum absolute atomic E-state index is 5.32. The molecule has 8 aromatic rings. The summed E-state index contributed by atoms with van der Waals surface area (Å²) in [4.78, 5) is 11.2. The molecule has 0 fully saturated rings. The Morgan fingerprint density at radius 3 is 1.90 bits per heavy atom. The van der Waals surface area contributed by atoms with Crippen LogP contribution in [-0.2, 0) is 0 Å². The number of thiophene rings is 1. The zero-order valence-corrected chi connectivity index (χ0v) is 23.3. The first-order valence-electron chi connectivity index (χ1n) is 13.8. The van der Waals surface area contributed by atoms with E-state index >= 15 is 0 Å². The Labute approximate surface area is 242 Å². The number of hydrogen-bond acceptors (Lipinski definition) is 3. The first kappa shape index (κ1) is 23.8. The lowest BCUT2D eigenvalue weighted by atomic mass is 9.95. The molecule has 8 rings (SSSR count). The summed E-state index contributed by atoms with van der Waals surface area (Å²) in [6, 6.07) is 47.2. The van der Waals surface area contributed by atoms with Gasteiger partial charge in [0.1, 0.15) is 10.7 Å². The highest BCUT2D eigenvalue weighted by Gasteiger charge is 2.23. The predicted molar refractivity (Wildman–Crippen MR) is 173 cm³/mol. The minimum absolute atomic E-state index is 0.931. The van der Waals surface area contributed by atoms with Crippen molar-refractivity contribution in [2.24, 2.45) is 0 Å². The Morgan fingerprint density at radius 2 is 1.17 bits per heavy atom. The quantitative estimate of drug-likeness (QED) is 0.221. The summed E-state index contributed by atoms with van der Waals surface area (Å²) in [6.45, 7) is 2.05. The van der Waals surface area contributed by atoms with Crippen LogP contribution in [0.2, 0.25) is 0 Å². The minimum atomic E-state index is 0.931. The van der Waals surface area contributed by atoms with Gasteiger partial charge in [-0.2, -0.15) is 0 Å². The van der Waals surface area contributed by atoms with E-state index in [1.807, 2.05) is 0 Å². The number of nitrogens with zero attached hydrogens (tertiary/aromatic N) is 3. The molecule has 0 radical (unpaired) electrons. The largest absolute Gasteiger partial charge is 0.291 e. The van der Waals surface area contributed by atoms with Gasteiger partial charge in [-0.05, 0) is 48.4 Å². The van der Waals surface area contributed by atoms with Crippen LogP contribution in [0.1, 0.15) is 5.69 Å². The standard InChI is InChI=1S/C37H25N3S/c1-24-22-23-30-29-18-11-19-31(35(29)41-37(30)38-24)36-39-32-20-8-9-21-33(32)40(36)34-27(25-12-4-2-5-13-25)16-10-17-28(34)26-14-6-3-7-15-26/h2-23H,1H3. The molecule has 0 N–H and O–H groups in total. The lowest BCUT2D eigenvalue weighted by molar-refractivity contribution is 1.11. The van der Waals surface area contributed by atoms with Crippen LogP contribution >= 0.6 is 11.3 Å². The topological polar surface area (TPSA) is 30.7 Å². The third kappa shape index (κ3) is 3.87. The molecule has 3 aromatic heterocycles. The number of fused-ring (bicyclic) bond motifs is 4. The minimum Gasteiger partial charge on any atom is -0.291 e. The average Bonchev–Trinajstić information content (AvgIpc) is 3.59. The third-order valence-electron chi connectivity index (χ3n) is 7.73.